The number of aromatic nitrogens is 2. The van der Waals surface area contributed by atoms with Gasteiger partial charge in [0.25, 0.3) is 5.56 Å². The van der Waals surface area contributed by atoms with Crippen molar-refractivity contribution < 1.29 is 0 Å². The lowest BCUT2D eigenvalue weighted by atomic mass is 10.2. The van der Waals surface area contributed by atoms with Gasteiger partial charge in [-0.2, -0.15) is 0 Å². The maximum absolute atomic E-state index is 12.5. The molecule has 2 aromatic carbocycles. The lowest BCUT2D eigenvalue weighted by Gasteiger charge is -2.17. The molecule has 1 aliphatic rings. The van der Waals surface area contributed by atoms with Crippen LogP contribution in [-0.2, 0) is 6.54 Å². The Kier molecular flexibility index (Phi) is 2.36. The summed E-state index contributed by atoms with van der Waals surface area (Å²) in [4.78, 5) is 19.2. The second kappa shape index (κ2) is 4.20. The smallest absolute Gasteiger partial charge is 0.262 e. The van der Waals surface area contributed by atoms with Gasteiger partial charge in [0, 0.05) is 18.8 Å². The van der Waals surface area contributed by atoms with Crippen LogP contribution < -0.4 is 10.5 Å². The Morgan fingerprint density at radius 3 is 2.50 bits per heavy atom. The molecule has 0 atom stereocenters. The van der Waals surface area contributed by atoms with Gasteiger partial charge in [-0.1, -0.05) is 30.3 Å². The molecule has 0 unspecified atom stereocenters. The van der Waals surface area contributed by atoms with E-state index in [4.69, 9.17) is 0 Å². The first-order valence-electron chi connectivity index (χ1n) is 6.67. The van der Waals surface area contributed by atoms with Crippen molar-refractivity contribution in [3.8, 4) is 0 Å². The summed E-state index contributed by atoms with van der Waals surface area (Å²) in [5.74, 6) is 0.736. The highest BCUT2D eigenvalue weighted by Crippen LogP contribution is 2.27. The van der Waals surface area contributed by atoms with Gasteiger partial charge in [0.15, 0.2) is 0 Å². The van der Waals surface area contributed by atoms with E-state index < -0.39 is 0 Å². The van der Waals surface area contributed by atoms with Crippen molar-refractivity contribution >= 4 is 22.5 Å². The summed E-state index contributed by atoms with van der Waals surface area (Å²) in [6.45, 7) is 1.46. The average Bonchev–Trinajstić information content (AvgIpc) is 2.92. The Morgan fingerprint density at radius 2 is 1.65 bits per heavy atom. The van der Waals surface area contributed by atoms with E-state index in [0.717, 1.165) is 23.7 Å². The Labute approximate surface area is 115 Å². The van der Waals surface area contributed by atoms with Gasteiger partial charge in [-0.3, -0.25) is 9.36 Å². The largest absolute Gasteiger partial charge is 0.310 e. The second-order valence-electron chi connectivity index (χ2n) is 4.87. The van der Waals surface area contributed by atoms with Crippen LogP contribution in [0.15, 0.2) is 59.4 Å². The summed E-state index contributed by atoms with van der Waals surface area (Å²) >= 11 is 0. The Bertz CT molecular complexity index is 839. The molecule has 0 N–H and O–H groups in total. The fraction of sp³-hybridized carbons (Fsp3) is 0.125. The number of para-hydroxylation sites is 2. The van der Waals surface area contributed by atoms with Crippen molar-refractivity contribution in [3.05, 3.63) is 65.0 Å². The van der Waals surface area contributed by atoms with Gasteiger partial charge in [-0.25, -0.2) is 4.98 Å². The topological polar surface area (TPSA) is 38.1 Å². The van der Waals surface area contributed by atoms with Crippen LogP contribution in [0.1, 0.15) is 0 Å². The number of fused-ring (bicyclic) bond motifs is 2. The fourth-order valence-corrected chi connectivity index (χ4v) is 2.72. The number of rotatable bonds is 1. The van der Waals surface area contributed by atoms with E-state index in [1.54, 1.807) is 4.57 Å². The molecule has 3 aromatic rings. The van der Waals surface area contributed by atoms with Gasteiger partial charge in [-0.05, 0) is 24.3 Å². The molecule has 98 valence electrons. The van der Waals surface area contributed by atoms with Crippen LogP contribution in [0.3, 0.4) is 0 Å². The monoisotopic (exact) mass is 263 g/mol. The summed E-state index contributed by atoms with van der Waals surface area (Å²) in [7, 11) is 0. The first-order chi connectivity index (χ1) is 9.84. The van der Waals surface area contributed by atoms with E-state index in [-0.39, 0.29) is 5.56 Å². The van der Waals surface area contributed by atoms with E-state index in [1.807, 2.05) is 54.6 Å². The number of hydrogen-bond donors (Lipinski definition) is 0. The van der Waals surface area contributed by atoms with Crippen molar-refractivity contribution in [2.45, 2.75) is 6.54 Å². The summed E-state index contributed by atoms with van der Waals surface area (Å²) in [5.41, 5.74) is 1.87. The van der Waals surface area contributed by atoms with Gasteiger partial charge in [-0.15, -0.1) is 0 Å². The second-order valence-corrected chi connectivity index (χ2v) is 4.87. The predicted octanol–water partition coefficient (Wildman–Crippen LogP) is 2.55. The minimum atomic E-state index is 0.0454. The van der Waals surface area contributed by atoms with Crippen LogP contribution in [0.4, 0.5) is 11.6 Å². The van der Waals surface area contributed by atoms with Gasteiger partial charge in [0.05, 0.1) is 10.9 Å². The molecule has 4 rings (SSSR count). The van der Waals surface area contributed by atoms with Crippen molar-refractivity contribution in [2.24, 2.45) is 0 Å². The molecular weight excluding hydrogens is 250 g/mol. The number of hydrogen-bond acceptors (Lipinski definition) is 3. The van der Waals surface area contributed by atoms with Gasteiger partial charge in [0.2, 0.25) is 5.95 Å². The van der Waals surface area contributed by atoms with Crippen molar-refractivity contribution in [1.82, 2.24) is 9.55 Å². The molecule has 4 nitrogen and oxygen atoms in total. The van der Waals surface area contributed by atoms with Gasteiger partial charge >= 0.3 is 0 Å². The molecule has 20 heavy (non-hydrogen) atoms. The third kappa shape index (κ3) is 1.54. The lowest BCUT2D eigenvalue weighted by Crippen LogP contribution is -2.20. The average molecular weight is 263 g/mol. The van der Waals surface area contributed by atoms with Gasteiger partial charge in [0.1, 0.15) is 0 Å². The maximum atomic E-state index is 12.5. The molecular formula is C16H13N3O. The van der Waals surface area contributed by atoms with Crippen LogP contribution in [0, 0.1) is 0 Å². The van der Waals surface area contributed by atoms with E-state index in [0.29, 0.717) is 11.9 Å². The van der Waals surface area contributed by atoms with Crippen molar-refractivity contribution in [1.29, 1.82) is 0 Å². The highest BCUT2D eigenvalue weighted by Gasteiger charge is 2.23. The Balaban J connectivity index is 1.96. The fourth-order valence-electron chi connectivity index (χ4n) is 2.72. The standard InChI is InChI=1S/C16H13N3O/c20-15-13-8-4-5-9-14(13)17-16-18(10-11-19(15)16)12-6-2-1-3-7-12/h1-9H,10-11H2. The van der Waals surface area contributed by atoms with Crippen LogP contribution in [0.2, 0.25) is 0 Å². The zero-order valence-electron chi connectivity index (χ0n) is 10.9. The number of nitrogens with zero attached hydrogens (tertiary/aromatic N) is 3. The summed E-state index contributed by atoms with van der Waals surface area (Å²) < 4.78 is 1.76. The first kappa shape index (κ1) is 11.2. The number of anilines is 2. The predicted molar refractivity (Wildman–Crippen MR) is 79.5 cm³/mol. The summed E-state index contributed by atoms with van der Waals surface area (Å²) in [5, 5.41) is 0.686. The molecule has 2 heterocycles. The van der Waals surface area contributed by atoms with E-state index >= 15 is 0 Å². The van der Waals surface area contributed by atoms with Crippen molar-refractivity contribution in [3.63, 3.8) is 0 Å². The summed E-state index contributed by atoms with van der Waals surface area (Å²) in [6.07, 6.45) is 0. The zero-order chi connectivity index (χ0) is 13.5. The SMILES string of the molecule is O=c1c2ccccc2nc2n1CCN2c1ccccc1. The molecule has 0 saturated heterocycles. The highest BCUT2D eigenvalue weighted by atomic mass is 16.1. The minimum Gasteiger partial charge on any atom is -0.310 e. The molecule has 0 spiro atoms. The molecule has 0 aliphatic carbocycles. The van der Waals surface area contributed by atoms with Crippen molar-refractivity contribution in [2.75, 3.05) is 11.4 Å². The van der Waals surface area contributed by atoms with Crippen LogP contribution in [-0.4, -0.2) is 16.1 Å². The van der Waals surface area contributed by atoms with Crippen LogP contribution in [0.5, 0.6) is 0 Å². The quantitative estimate of drug-likeness (QED) is 0.677. The molecule has 0 amide bonds. The van der Waals surface area contributed by atoms with Crippen LogP contribution in [0.25, 0.3) is 10.9 Å². The van der Waals surface area contributed by atoms with Gasteiger partial charge < -0.3 is 4.90 Å². The maximum Gasteiger partial charge on any atom is 0.262 e. The molecule has 4 heteroatoms. The highest BCUT2D eigenvalue weighted by molar-refractivity contribution is 5.79. The Morgan fingerprint density at radius 1 is 0.900 bits per heavy atom. The third-order valence-electron chi connectivity index (χ3n) is 3.70. The normalized spacial score (nSPS) is 13.7. The molecule has 0 saturated carbocycles. The molecule has 1 aliphatic heterocycles. The molecule has 1 aromatic heterocycles. The van der Waals surface area contributed by atoms with E-state index in [1.165, 1.54) is 0 Å². The molecule has 0 bridgehead atoms. The number of benzene rings is 2. The van der Waals surface area contributed by atoms with E-state index in [9.17, 15) is 4.79 Å². The first-order valence-corrected chi connectivity index (χ1v) is 6.67. The molecule has 0 radical (unpaired) electrons. The zero-order valence-corrected chi connectivity index (χ0v) is 10.9. The lowest BCUT2D eigenvalue weighted by molar-refractivity contribution is 0.767. The Hall–Kier alpha value is -2.62. The molecule has 0 fully saturated rings. The third-order valence-corrected chi connectivity index (χ3v) is 3.70. The van der Waals surface area contributed by atoms with E-state index in [2.05, 4.69) is 9.88 Å². The summed E-state index contributed by atoms with van der Waals surface area (Å²) in [6, 6.07) is 17.6. The van der Waals surface area contributed by atoms with Crippen LogP contribution >= 0.6 is 0 Å². The minimum absolute atomic E-state index is 0.0454.